The van der Waals surface area contributed by atoms with Gasteiger partial charge in [0.15, 0.2) is 0 Å². The van der Waals surface area contributed by atoms with E-state index in [4.69, 9.17) is 9.84 Å². The number of morpholine rings is 1. The van der Waals surface area contributed by atoms with Crippen LogP contribution in [0.2, 0.25) is 0 Å². The molecule has 13 heavy (non-hydrogen) atoms. The van der Waals surface area contributed by atoms with Crippen LogP contribution in [0.5, 0.6) is 0 Å². The summed E-state index contributed by atoms with van der Waals surface area (Å²) in [7, 11) is 0. The van der Waals surface area contributed by atoms with E-state index < -0.39 is 5.97 Å². The van der Waals surface area contributed by atoms with E-state index in [1.54, 1.807) is 0 Å². The van der Waals surface area contributed by atoms with Crippen LogP contribution in [0.4, 0.5) is 0 Å². The van der Waals surface area contributed by atoms with Gasteiger partial charge in [-0.25, -0.2) is 0 Å². The maximum absolute atomic E-state index is 10.7. The molecule has 0 aromatic rings. The Balaban J connectivity index is 0.000000845. The van der Waals surface area contributed by atoms with Gasteiger partial charge in [0.25, 0.3) is 0 Å². The van der Waals surface area contributed by atoms with Crippen LogP contribution in [0.3, 0.4) is 0 Å². The summed E-state index contributed by atoms with van der Waals surface area (Å²) in [5.74, 6) is -0.856. The molecule has 0 saturated carbocycles. The molecular formula is C8H14ClNO3. The van der Waals surface area contributed by atoms with Crippen LogP contribution < -0.4 is 5.32 Å². The summed E-state index contributed by atoms with van der Waals surface area (Å²) < 4.78 is 5.58. The van der Waals surface area contributed by atoms with Crippen LogP contribution in [-0.2, 0) is 9.53 Å². The highest BCUT2D eigenvalue weighted by molar-refractivity contribution is 5.85. The Hall–Kier alpha value is -0.320. The molecule has 4 nitrogen and oxygen atoms in total. The van der Waals surface area contributed by atoms with Crippen LogP contribution in [-0.4, -0.2) is 36.4 Å². The number of hydrogen-bond donors (Lipinski definition) is 2. The van der Waals surface area contributed by atoms with Crippen LogP contribution in [0.15, 0.2) is 0 Å². The first-order valence-corrected chi connectivity index (χ1v) is 4.34. The van der Waals surface area contributed by atoms with E-state index >= 15 is 0 Å². The fraction of sp³-hybridized carbons (Fsp3) is 0.875. The van der Waals surface area contributed by atoms with Crippen LogP contribution in [0.1, 0.15) is 12.8 Å². The Morgan fingerprint density at radius 2 is 1.85 bits per heavy atom. The second-order valence-corrected chi connectivity index (χ2v) is 3.54. The Bertz CT molecular complexity index is 188. The Labute approximate surface area is 83.1 Å². The van der Waals surface area contributed by atoms with Crippen LogP contribution in [0, 0.1) is 5.92 Å². The molecule has 2 heterocycles. The molecule has 2 bridgehead atoms. The zero-order valence-electron chi connectivity index (χ0n) is 7.23. The molecule has 0 aromatic carbocycles. The number of fused-ring (bicyclic) bond motifs is 2. The number of aliphatic carboxylic acids is 1. The van der Waals surface area contributed by atoms with E-state index in [-0.39, 0.29) is 30.5 Å². The quantitative estimate of drug-likeness (QED) is 0.648. The van der Waals surface area contributed by atoms with Crippen molar-refractivity contribution < 1.29 is 14.6 Å². The molecule has 2 rings (SSSR count). The third-order valence-corrected chi connectivity index (χ3v) is 2.57. The fourth-order valence-corrected chi connectivity index (χ4v) is 1.98. The highest BCUT2D eigenvalue weighted by Gasteiger charge is 2.35. The number of carboxylic acids is 1. The van der Waals surface area contributed by atoms with E-state index in [0.29, 0.717) is 12.8 Å². The van der Waals surface area contributed by atoms with Crippen LogP contribution >= 0.6 is 12.4 Å². The largest absolute Gasteiger partial charge is 0.481 e. The van der Waals surface area contributed by atoms with Crippen molar-refractivity contribution in [3.63, 3.8) is 0 Å². The zero-order valence-corrected chi connectivity index (χ0v) is 8.05. The smallest absolute Gasteiger partial charge is 0.306 e. The van der Waals surface area contributed by atoms with Gasteiger partial charge < -0.3 is 15.2 Å². The first-order chi connectivity index (χ1) is 5.75. The van der Waals surface area contributed by atoms with Gasteiger partial charge in [-0.05, 0) is 12.8 Å². The standard InChI is InChI=1S/C8H13NO3.ClH/c10-8(11)5-1-6-3-9-4-7(2-5)12-6;/h5-7,9H,1-4H2,(H,10,11);1H. The summed E-state index contributed by atoms with van der Waals surface area (Å²) in [6.07, 6.45) is 1.58. The molecule has 2 N–H and O–H groups in total. The lowest BCUT2D eigenvalue weighted by atomic mass is 9.90. The van der Waals surface area contributed by atoms with Crippen molar-refractivity contribution in [2.24, 2.45) is 5.92 Å². The maximum atomic E-state index is 10.7. The SMILES string of the molecule is Cl.O=C(O)C1CC2CNCC(C1)O2. The molecule has 2 saturated heterocycles. The van der Waals surface area contributed by atoms with Gasteiger partial charge in [0.2, 0.25) is 0 Å². The van der Waals surface area contributed by atoms with E-state index in [9.17, 15) is 4.79 Å². The first kappa shape index (κ1) is 10.8. The molecule has 0 spiro atoms. The van der Waals surface area contributed by atoms with Crippen molar-refractivity contribution in [3.05, 3.63) is 0 Å². The molecule has 0 aliphatic carbocycles. The molecular weight excluding hydrogens is 194 g/mol. The van der Waals surface area contributed by atoms with E-state index in [1.165, 1.54) is 0 Å². The van der Waals surface area contributed by atoms with Crippen molar-refractivity contribution in [2.75, 3.05) is 13.1 Å². The summed E-state index contributed by atoms with van der Waals surface area (Å²) in [6.45, 7) is 1.61. The average molecular weight is 208 g/mol. The number of carbonyl (C=O) groups is 1. The predicted octanol–water partition coefficient (Wildman–Crippen LogP) is 0.260. The molecule has 2 unspecified atom stereocenters. The molecule has 0 aromatic heterocycles. The molecule has 2 fully saturated rings. The predicted molar refractivity (Wildman–Crippen MR) is 49.1 cm³/mol. The lowest BCUT2D eigenvalue weighted by Gasteiger charge is -2.38. The molecule has 2 atom stereocenters. The van der Waals surface area contributed by atoms with Gasteiger partial charge in [0, 0.05) is 13.1 Å². The van der Waals surface area contributed by atoms with Crippen molar-refractivity contribution in [1.82, 2.24) is 5.32 Å². The lowest BCUT2D eigenvalue weighted by molar-refractivity contribution is -0.153. The summed E-state index contributed by atoms with van der Waals surface area (Å²) >= 11 is 0. The van der Waals surface area contributed by atoms with Gasteiger partial charge in [-0.1, -0.05) is 0 Å². The van der Waals surface area contributed by atoms with Gasteiger partial charge in [-0.3, -0.25) is 4.79 Å². The zero-order chi connectivity index (χ0) is 8.55. The molecule has 0 amide bonds. The minimum atomic E-state index is -0.671. The first-order valence-electron chi connectivity index (χ1n) is 4.34. The minimum Gasteiger partial charge on any atom is -0.481 e. The topological polar surface area (TPSA) is 58.6 Å². The highest BCUT2D eigenvalue weighted by Crippen LogP contribution is 2.26. The molecule has 76 valence electrons. The van der Waals surface area contributed by atoms with Gasteiger partial charge in [0.05, 0.1) is 18.1 Å². The highest BCUT2D eigenvalue weighted by atomic mass is 35.5. The van der Waals surface area contributed by atoms with Crippen molar-refractivity contribution in [1.29, 1.82) is 0 Å². The monoisotopic (exact) mass is 207 g/mol. The Morgan fingerprint density at radius 3 is 2.31 bits per heavy atom. The second-order valence-electron chi connectivity index (χ2n) is 3.54. The number of nitrogens with one attached hydrogen (secondary N) is 1. The molecule has 2 aliphatic heterocycles. The normalized spacial score (nSPS) is 37.7. The van der Waals surface area contributed by atoms with Gasteiger partial charge in [-0.15, -0.1) is 12.4 Å². The number of hydrogen-bond acceptors (Lipinski definition) is 3. The van der Waals surface area contributed by atoms with Crippen LogP contribution in [0.25, 0.3) is 0 Å². The van der Waals surface area contributed by atoms with Gasteiger partial charge in [-0.2, -0.15) is 0 Å². The third-order valence-electron chi connectivity index (χ3n) is 2.57. The molecule has 0 radical (unpaired) electrons. The molecule has 2 aliphatic rings. The maximum Gasteiger partial charge on any atom is 0.306 e. The summed E-state index contributed by atoms with van der Waals surface area (Å²) in [5, 5.41) is 12.0. The summed E-state index contributed by atoms with van der Waals surface area (Å²) in [4.78, 5) is 10.7. The van der Waals surface area contributed by atoms with E-state index in [1.807, 2.05) is 0 Å². The van der Waals surface area contributed by atoms with Crippen molar-refractivity contribution >= 4 is 18.4 Å². The number of ether oxygens (including phenoxy) is 1. The number of halogens is 1. The summed E-state index contributed by atoms with van der Waals surface area (Å²) in [6, 6.07) is 0. The van der Waals surface area contributed by atoms with E-state index in [2.05, 4.69) is 5.32 Å². The number of rotatable bonds is 1. The Kier molecular flexibility index (Phi) is 3.53. The summed E-state index contributed by atoms with van der Waals surface area (Å²) in [5.41, 5.74) is 0. The van der Waals surface area contributed by atoms with Gasteiger partial charge >= 0.3 is 5.97 Å². The van der Waals surface area contributed by atoms with Gasteiger partial charge in [0.1, 0.15) is 0 Å². The van der Waals surface area contributed by atoms with Crippen molar-refractivity contribution in [3.8, 4) is 0 Å². The second kappa shape index (κ2) is 4.26. The number of carboxylic acid groups (broad SMARTS) is 1. The van der Waals surface area contributed by atoms with E-state index in [0.717, 1.165) is 13.1 Å². The fourth-order valence-electron chi connectivity index (χ4n) is 1.98. The Morgan fingerprint density at radius 1 is 1.31 bits per heavy atom. The third kappa shape index (κ3) is 2.33. The average Bonchev–Trinajstić information content (AvgIpc) is 2.03. The minimum absolute atomic E-state index is 0. The van der Waals surface area contributed by atoms with Crippen molar-refractivity contribution in [2.45, 2.75) is 25.0 Å². The lowest BCUT2D eigenvalue weighted by Crippen LogP contribution is -2.50. The molecule has 5 heteroatoms.